The maximum absolute atomic E-state index is 10.5. The van der Waals surface area contributed by atoms with Gasteiger partial charge < -0.3 is 5.11 Å². The Bertz CT molecular complexity index is 398. The van der Waals surface area contributed by atoms with Gasteiger partial charge in [-0.1, -0.05) is 65.8 Å². The number of nitrogens with zero attached hydrogens (tertiary/aromatic N) is 1. The zero-order valence-electron chi connectivity index (χ0n) is 15.3. The second-order valence-electron chi connectivity index (χ2n) is 7.86. The summed E-state index contributed by atoms with van der Waals surface area (Å²) in [7, 11) is 0. The summed E-state index contributed by atoms with van der Waals surface area (Å²) in [4.78, 5) is 2.39. The highest BCUT2D eigenvalue weighted by atomic mass is 16.3. The van der Waals surface area contributed by atoms with E-state index in [2.05, 4.69) is 70.7 Å². The molecule has 22 heavy (non-hydrogen) atoms. The van der Waals surface area contributed by atoms with Crippen molar-refractivity contribution in [3.63, 3.8) is 0 Å². The number of aliphatic hydroxyl groups is 1. The lowest BCUT2D eigenvalue weighted by molar-refractivity contribution is 0.0987. The summed E-state index contributed by atoms with van der Waals surface area (Å²) in [6.45, 7) is 16.2. The monoisotopic (exact) mass is 305 g/mol. The van der Waals surface area contributed by atoms with Gasteiger partial charge in [0.25, 0.3) is 0 Å². The van der Waals surface area contributed by atoms with Crippen LogP contribution in [0.2, 0.25) is 0 Å². The van der Waals surface area contributed by atoms with E-state index in [0.717, 1.165) is 31.6 Å². The molecular weight excluding hydrogens is 270 g/mol. The number of benzene rings is 1. The van der Waals surface area contributed by atoms with E-state index in [9.17, 15) is 5.11 Å². The van der Waals surface area contributed by atoms with Gasteiger partial charge in [0.05, 0.1) is 6.10 Å². The van der Waals surface area contributed by atoms with Crippen molar-refractivity contribution >= 4 is 0 Å². The Hall–Kier alpha value is -0.860. The van der Waals surface area contributed by atoms with Crippen LogP contribution in [0.25, 0.3) is 0 Å². The first kappa shape index (κ1) is 19.2. The predicted molar refractivity (Wildman–Crippen MR) is 96.1 cm³/mol. The molecule has 2 heteroatoms. The highest BCUT2D eigenvalue weighted by molar-refractivity contribution is 5.24. The maximum Gasteiger partial charge on any atom is 0.0916 e. The zero-order valence-corrected chi connectivity index (χ0v) is 15.3. The van der Waals surface area contributed by atoms with Crippen LogP contribution in [0.4, 0.5) is 0 Å². The molecule has 0 saturated heterocycles. The molecule has 0 spiro atoms. The van der Waals surface area contributed by atoms with Crippen LogP contribution in [0, 0.1) is 17.8 Å². The Kier molecular flexibility index (Phi) is 8.13. The molecule has 1 unspecified atom stereocenters. The molecule has 0 aliphatic carbocycles. The molecule has 0 fully saturated rings. The maximum atomic E-state index is 10.5. The second-order valence-corrected chi connectivity index (χ2v) is 7.86. The zero-order chi connectivity index (χ0) is 16.7. The molecule has 0 aliphatic heterocycles. The average Bonchev–Trinajstić information content (AvgIpc) is 2.36. The van der Waals surface area contributed by atoms with Crippen LogP contribution in [0.3, 0.4) is 0 Å². The lowest BCUT2D eigenvalue weighted by Crippen LogP contribution is -2.35. The summed E-state index contributed by atoms with van der Waals surface area (Å²) < 4.78 is 0. The van der Waals surface area contributed by atoms with Crippen molar-refractivity contribution in [3.8, 4) is 0 Å². The predicted octanol–water partition coefficient (Wildman–Crippen LogP) is 4.53. The number of hydrogen-bond donors (Lipinski definition) is 1. The van der Waals surface area contributed by atoms with Crippen molar-refractivity contribution in [1.82, 2.24) is 4.90 Å². The summed E-state index contributed by atoms with van der Waals surface area (Å²) in [6.07, 6.45) is 0.703. The van der Waals surface area contributed by atoms with E-state index in [1.165, 1.54) is 5.56 Å². The van der Waals surface area contributed by atoms with Gasteiger partial charge in [-0.05, 0) is 35.3 Å². The van der Waals surface area contributed by atoms with Crippen LogP contribution in [0.15, 0.2) is 24.3 Å². The fourth-order valence-electron chi connectivity index (χ4n) is 2.95. The van der Waals surface area contributed by atoms with E-state index in [0.29, 0.717) is 17.8 Å². The van der Waals surface area contributed by atoms with Gasteiger partial charge >= 0.3 is 0 Å². The summed E-state index contributed by atoms with van der Waals surface area (Å²) in [5.41, 5.74) is 2.39. The minimum atomic E-state index is -0.398. The molecule has 0 radical (unpaired) electrons. The van der Waals surface area contributed by atoms with Gasteiger partial charge in [0.15, 0.2) is 0 Å². The van der Waals surface area contributed by atoms with Crippen LogP contribution in [-0.2, 0) is 6.42 Å². The van der Waals surface area contributed by atoms with Gasteiger partial charge in [0.2, 0.25) is 0 Å². The summed E-state index contributed by atoms with van der Waals surface area (Å²) in [6, 6.07) is 8.50. The molecule has 126 valence electrons. The van der Waals surface area contributed by atoms with Crippen molar-refractivity contribution in [2.45, 2.75) is 54.1 Å². The third kappa shape index (κ3) is 7.42. The minimum absolute atomic E-state index is 0.398. The first-order valence-electron chi connectivity index (χ1n) is 8.77. The molecule has 1 aromatic carbocycles. The Morgan fingerprint density at radius 1 is 0.773 bits per heavy atom. The SMILES string of the molecule is CC(C)Cc1ccc(C(O)CN(CC(C)C)CC(C)C)cc1. The third-order valence-corrected chi connectivity index (χ3v) is 3.69. The van der Waals surface area contributed by atoms with Crippen molar-refractivity contribution in [2.24, 2.45) is 17.8 Å². The molecule has 1 N–H and O–H groups in total. The molecule has 1 atom stereocenters. The van der Waals surface area contributed by atoms with E-state index >= 15 is 0 Å². The standard InChI is InChI=1S/C20H35NO/c1-15(2)11-18-7-9-19(10-8-18)20(22)14-21(12-16(3)4)13-17(5)6/h7-10,15-17,20,22H,11-14H2,1-6H3. The third-order valence-electron chi connectivity index (χ3n) is 3.69. The molecule has 0 aliphatic rings. The number of hydrogen-bond acceptors (Lipinski definition) is 2. The molecule has 0 amide bonds. The molecular formula is C20H35NO. The van der Waals surface area contributed by atoms with Gasteiger partial charge in [0.1, 0.15) is 0 Å². The smallest absolute Gasteiger partial charge is 0.0916 e. The van der Waals surface area contributed by atoms with Gasteiger partial charge in [-0.15, -0.1) is 0 Å². The average molecular weight is 306 g/mol. The Morgan fingerprint density at radius 2 is 1.27 bits per heavy atom. The molecule has 0 saturated carbocycles. The van der Waals surface area contributed by atoms with Gasteiger partial charge in [0, 0.05) is 19.6 Å². The normalized spacial score (nSPS) is 13.6. The van der Waals surface area contributed by atoms with Gasteiger partial charge in [-0.2, -0.15) is 0 Å². The molecule has 0 aromatic heterocycles. The van der Waals surface area contributed by atoms with Crippen LogP contribution in [0.1, 0.15) is 58.8 Å². The fraction of sp³-hybridized carbons (Fsp3) is 0.700. The van der Waals surface area contributed by atoms with E-state index < -0.39 is 6.10 Å². The van der Waals surface area contributed by atoms with E-state index in [4.69, 9.17) is 0 Å². The van der Waals surface area contributed by atoms with Crippen LogP contribution in [-0.4, -0.2) is 29.6 Å². The van der Waals surface area contributed by atoms with E-state index in [1.807, 2.05) is 0 Å². The van der Waals surface area contributed by atoms with Crippen molar-refractivity contribution < 1.29 is 5.11 Å². The van der Waals surface area contributed by atoms with E-state index in [1.54, 1.807) is 0 Å². The fourth-order valence-corrected chi connectivity index (χ4v) is 2.95. The van der Waals surface area contributed by atoms with Crippen molar-refractivity contribution in [3.05, 3.63) is 35.4 Å². The number of rotatable bonds is 9. The summed E-state index contributed by atoms with van der Waals surface area (Å²) in [5.74, 6) is 1.92. The summed E-state index contributed by atoms with van der Waals surface area (Å²) in [5, 5.41) is 10.5. The Morgan fingerprint density at radius 3 is 1.68 bits per heavy atom. The molecule has 1 aromatic rings. The minimum Gasteiger partial charge on any atom is -0.387 e. The lowest BCUT2D eigenvalue weighted by atomic mass is 10.00. The molecule has 1 rings (SSSR count). The largest absolute Gasteiger partial charge is 0.387 e. The molecule has 0 bridgehead atoms. The highest BCUT2D eigenvalue weighted by Crippen LogP contribution is 2.18. The van der Waals surface area contributed by atoms with Crippen LogP contribution < -0.4 is 0 Å². The second kappa shape index (κ2) is 9.32. The van der Waals surface area contributed by atoms with Gasteiger partial charge in [-0.25, -0.2) is 0 Å². The first-order chi connectivity index (χ1) is 10.3. The topological polar surface area (TPSA) is 23.5 Å². The Balaban J connectivity index is 2.66. The van der Waals surface area contributed by atoms with E-state index in [-0.39, 0.29) is 0 Å². The molecule has 2 nitrogen and oxygen atoms in total. The van der Waals surface area contributed by atoms with Crippen molar-refractivity contribution in [2.75, 3.05) is 19.6 Å². The highest BCUT2D eigenvalue weighted by Gasteiger charge is 2.16. The Labute approximate surface area is 137 Å². The van der Waals surface area contributed by atoms with Crippen LogP contribution in [0.5, 0.6) is 0 Å². The number of aliphatic hydroxyl groups excluding tert-OH is 1. The quantitative estimate of drug-likeness (QED) is 0.724. The first-order valence-corrected chi connectivity index (χ1v) is 8.77. The van der Waals surface area contributed by atoms with Gasteiger partial charge in [-0.3, -0.25) is 4.90 Å². The van der Waals surface area contributed by atoms with Crippen LogP contribution >= 0.6 is 0 Å². The van der Waals surface area contributed by atoms with Crippen molar-refractivity contribution in [1.29, 1.82) is 0 Å². The lowest BCUT2D eigenvalue weighted by Gasteiger charge is -2.28. The molecule has 0 heterocycles. The summed E-state index contributed by atoms with van der Waals surface area (Å²) >= 11 is 0.